The fourth-order valence-corrected chi connectivity index (χ4v) is 3.62. The highest BCUT2D eigenvalue weighted by Gasteiger charge is 2.21. The SMILES string of the molecule is CCOP(=S)(OCC)Oc1ccc(/C(C)=N\OC(=O)N(C)C)cc1. The van der Waals surface area contributed by atoms with Crippen molar-refractivity contribution in [3.05, 3.63) is 29.8 Å². The Kier molecular flexibility index (Phi) is 8.35. The van der Waals surface area contributed by atoms with Crippen molar-refractivity contribution in [1.82, 2.24) is 4.90 Å². The number of hydrogen-bond acceptors (Lipinski definition) is 7. The van der Waals surface area contributed by atoms with Crippen molar-refractivity contribution in [3.63, 3.8) is 0 Å². The summed E-state index contributed by atoms with van der Waals surface area (Å²) in [5.74, 6) is 0.544. The quantitative estimate of drug-likeness (QED) is 0.298. The Hall–Kier alpha value is -1.47. The summed E-state index contributed by atoms with van der Waals surface area (Å²) in [4.78, 5) is 17.4. The minimum atomic E-state index is -2.79. The van der Waals surface area contributed by atoms with Crippen LogP contribution in [0.2, 0.25) is 0 Å². The number of carbonyl (C=O) groups excluding carboxylic acids is 1. The molecule has 0 saturated heterocycles. The molecule has 1 aromatic rings. The van der Waals surface area contributed by atoms with Gasteiger partial charge < -0.3 is 9.42 Å². The summed E-state index contributed by atoms with van der Waals surface area (Å²) in [6, 6.07) is 7.05. The first-order valence-corrected chi connectivity index (χ1v) is 9.99. The second-order valence-corrected chi connectivity index (χ2v) is 7.76. The first kappa shape index (κ1) is 20.6. The number of oxime groups is 1. The van der Waals surface area contributed by atoms with Gasteiger partial charge in [-0.1, -0.05) is 5.16 Å². The maximum Gasteiger partial charge on any atom is 0.435 e. The minimum absolute atomic E-state index is 0.415. The Morgan fingerprint density at radius 1 is 1.17 bits per heavy atom. The van der Waals surface area contributed by atoms with Crippen LogP contribution in [0.25, 0.3) is 0 Å². The fourth-order valence-electron chi connectivity index (χ4n) is 1.53. The molecule has 0 aliphatic heterocycles. The molecule has 0 heterocycles. The average molecular weight is 374 g/mol. The van der Waals surface area contributed by atoms with Gasteiger partial charge in [0, 0.05) is 25.9 Å². The van der Waals surface area contributed by atoms with Crippen LogP contribution in [0, 0.1) is 0 Å². The second-order valence-electron chi connectivity index (χ2n) is 4.83. The normalized spacial score (nSPS) is 12.0. The molecule has 0 atom stereocenters. The van der Waals surface area contributed by atoms with E-state index in [1.54, 1.807) is 45.3 Å². The molecular formula is C15H23N2O5PS. The van der Waals surface area contributed by atoms with Gasteiger partial charge in [-0.25, -0.2) is 4.79 Å². The van der Waals surface area contributed by atoms with Gasteiger partial charge in [-0.2, -0.15) is 0 Å². The summed E-state index contributed by atoms with van der Waals surface area (Å²) in [6.07, 6.45) is -0.538. The van der Waals surface area contributed by atoms with Gasteiger partial charge in [-0.15, -0.1) is 0 Å². The van der Waals surface area contributed by atoms with E-state index in [9.17, 15) is 4.79 Å². The summed E-state index contributed by atoms with van der Waals surface area (Å²) in [7, 11) is 3.17. The van der Waals surface area contributed by atoms with E-state index in [-0.39, 0.29) is 0 Å². The van der Waals surface area contributed by atoms with Gasteiger partial charge in [0.2, 0.25) is 0 Å². The number of carbonyl (C=O) groups is 1. The average Bonchev–Trinajstić information content (AvgIpc) is 2.53. The molecule has 0 saturated carbocycles. The third-order valence-electron chi connectivity index (χ3n) is 2.69. The van der Waals surface area contributed by atoms with Gasteiger partial charge in [-0.3, -0.25) is 13.9 Å². The lowest BCUT2D eigenvalue weighted by molar-refractivity contribution is 0.122. The van der Waals surface area contributed by atoms with E-state index in [0.717, 1.165) is 5.56 Å². The predicted molar refractivity (Wildman–Crippen MR) is 97.0 cm³/mol. The molecule has 0 spiro atoms. The highest BCUT2D eigenvalue weighted by molar-refractivity contribution is 8.07. The van der Waals surface area contributed by atoms with Crippen LogP contribution in [-0.2, 0) is 25.7 Å². The molecule has 0 aliphatic rings. The molecule has 1 amide bonds. The highest BCUT2D eigenvalue weighted by Crippen LogP contribution is 2.49. The van der Waals surface area contributed by atoms with E-state index >= 15 is 0 Å². The molecule has 0 unspecified atom stereocenters. The van der Waals surface area contributed by atoms with Gasteiger partial charge in [0.1, 0.15) is 5.75 Å². The Bertz CT molecular complexity index is 609. The number of rotatable bonds is 8. The lowest BCUT2D eigenvalue weighted by atomic mass is 10.1. The lowest BCUT2D eigenvalue weighted by Crippen LogP contribution is -2.21. The van der Waals surface area contributed by atoms with Crippen molar-refractivity contribution < 1.29 is 23.2 Å². The Labute approximate surface area is 147 Å². The van der Waals surface area contributed by atoms with Crippen LogP contribution in [0.4, 0.5) is 4.79 Å². The first-order valence-electron chi connectivity index (χ1n) is 7.43. The monoisotopic (exact) mass is 374 g/mol. The summed E-state index contributed by atoms with van der Waals surface area (Å²) >= 11 is 5.32. The molecule has 0 bridgehead atoms. The number of nitrogens with zero attached hydrogens (tertiary/aromatic N) is 2. The zero-order valence-electron chi connectivity index (χ0n) is 14.5. The predicted octanol–water partition coefficient (Wildman–Crippen LogP) is 3.79. The maximum atomic E-state index is 11.4. The summed E-state index contributed by atoms with van der Waals surface area (Å²) in [5, 5.41) is 3.80. The molecule has 134 valence electrons. The van der Waals surface area contributed by atoms with Crippen LogP contribution in [0.15, 0.2) is 29.4 Å². The van der Waals surface area contributed by atoms with Gasteiger partial charge in [0.25, 0.3) is 0 Å². The van der Waals surface area contributed by atoms with E-state index in [2.05, 4.69) is 5.16 Å². The van der Waals surface area contributed by atoms with Crippen molar-refractivity contribution in [2.45, 2.75) is 20.8 Å². The maximum absolute atomic E-state index is 11.4. The van der Waals surface area contributed by atoms with Crippen molar-refractivity contribution in [2.75, 3.05) is 27.3 Å². The zero-order valence-corrected chi connectivity index (χ0v) is 16.2. The second kappa shape index (κ2) is 9.74. The van der Waals surface area contributed by atoms with Crippen molar-refractivity contribution in [2.24, 2.45) is 5.16 Å². The molecular weight excluding hydrogens is 351 g/mol. The van der Waals surface area contributed by atoms with Gasteiger partial charge >= 0.3 is 12.8 Å². The van der Waals surface area contributed by atoms with Crippen molar-refractivity contribution in [3.8, 4) is 5.75 Å². The number of benzene rings is 1. The zero-order chi connectivity index (χ0) is 18.2. The smallest absolute Gasteiger partial charge is 0.424 e. The first-order chi connectivity index (χ1) is 11.3. The Morgan fingerprint density at radius 2 is 1.71 bits per heavy atom. The van der Waals surface area contributed by atoms with E-state index in [1.165, 1.54) is 4.90 Å². The molecule has 0 fully saturated rings. The van der Waals surface area contributed by atoms with Gasteiger partial charge in [-0.05, 0) is 50.6 Å². The topological polar surface area (TPSA) is 69.6 Å². The molecule has 0 aliphatic carbocycles. The van der Waals surface area contributed by atoms with Crippen LogP contribution in [0.3, 0.4) is 0 Å². The van der Waals surface area contributed by atoms with Gasteiger partial charge in [0.05, 0.1) is 18.9 Å². The highest BCUT2D eigenvalue weighted by atomic mass is 32.5. The van der Waals surface area contributed by atoms with E-state index < -0.39 is 12.8 Å². The minimum Gasteiger partial charge on any atom is -0.424 e. The number of hydrogen-bond donors (Lipinski definition) is 0. The fraction of sp³-hybridized carbons (Fsp3) is 0.467. The van der Waals surface area contributed by atoms with Crippen molar-refractivity contribution in [1.29, 1.82) is 0 Å². The van der Waals surface area contributed by atoms with Crippen LogP contribution in [0.5, 0.6) is 5.75 Å². The molecule has 1 rings (SSSR count). The Balaban J connectivity index is 2.79. The molecule has 0 radical (unpaired) electrons. The number of amides is 1. The molecule has 1 aromatic carbocycles. The molecule has 24 heavy (non-hydrogen) atoms. The molecule has 9 heteroatoms. The van der Waals surface area contributed by atoms with Crippen LogP contribution in [0.1, 0.15) is 26.3 Å². The lowest BCUT2D eigenvalue weighted by Gasteiger charge is -2.21. The molecule has 0 N–H and O–H groups in total. The molecule has 7 nitrogen and oxygen atoms in total. The summed E-state index contributed by atoms with van der Waals surface area (Å²) in [5.41, 5.74) is 1.35. The van der Waals surface area contributed by atoms with E-state index in [0.29, 0.717) is 24.7 Å². The van der Waals surface area contributed by atoms with E-state index in [1.807, 2.05) is 13.8 Å². The summed E-state index contributed by atoms with van der Waals surface area (Å²) < 4.78 is 16.6. The summed E-state index contributed by atoms with van der Waals surface area (Å²) in [6.45, 7) is 3.45. The third kappa shape index (κ3) is 6.57. The molecule has 0 aromatic heterocycles. The van der Waals surface area contributed by atoms with Crippen LogP contribution < -0.4 is 4.52 Å². The van der Waals surface area contributed by atoms with Gasteiger partial charge in [0.15, 0.2) is 0 Å². The standard InChI is InChI=1S/C15H23N2O5PS/c1-6-19-23(24,20-7-2)22-14-10-8-13(9-11-14)12(3)16-21-15(18)17(4)5/h8-11H,6-7H2,1-5H3/b16-12-. The van der Waals surface area contributed by atoms with Crippen molar-refractivity contribution >= 4 is 30.3 Å². The Morgan fingerprint density at radius 3 is 2.17 bits per heavy atom. The largest absolute Gasteiger partial charge is 0.435 e. The van der Waals surface area contributed by atoms with Crippen LogP contribution >= 0.6 is 6.72 Å². The van der Waals surface area contributed by atoms with E-state index in [4.69, 9.17) is 30.2 Å². The third-order valence-corrected chi connectivity index (χ3v) is 5.13. The van der Waals surface area contributed by atoms with Crippen LogP contribution in [-0.4, -0.2) is 44.0 Å².